The minimum absolute atomic E-state index is 0.103. The van der Waals surface area contributed by atoms with E-state index in [2.05, 4.69) is 9.64 Å². The van der Waals surface area contributed by atoms with Gasteiger partial charge in [0.2, 0.25) is 0 Å². The quantitative estimate of drug-likeness (QED) is 0.338. The molecule has 0 aromatic carbocycles. The van der Waals surface area contributed by atoms with Crippen molar-refractivity contribution in [3.63, 3.8) is 0 Å². The zero-order valence-corrected chi connectivity index (χ0v) is 15.7. The van der Waals surface area contributed by atoms with E-state index >= 15 is 0 Å². The highest BCUT2D eigenvalue weighted by molar-refractivity contribution is 5.76. The number of esters is 1. The fraction of sp³-hybridized carbons (Fsp3) is 0.947. The maximum atomic E-state index is 12.6. The van der Waals surface area contributed by atoms with Crippen molar-refractivity contribution >= 4 is 5.97 Å². The maximum Gasteiger partial charge on any atom is 0.376 e. The second-order valence-corrected chi connectivity index (χ2v) is 7.01. The monoisotopic (exact) mass is 363 g/mol. The van der Waals surface area contributed by atoms with Crippen LogP contribution in [0.3, 0.4) is 0 Å². The van der Waals surface area contributed by atoms with Crippen LogP contribution in [0, 0.1) is 0 Å². The lowest BCUT2D eigenvalue weighted by molar-refractivity contribution is -0.169. The van der Waals surface area contributed by atoms with Gasteiger partial charge in [-0.2, -0.15) is 8.78 Å². The molecule has 1 aliphatic heterocycles. The summed E-state index contributed by atoms with van der Waals surface area (Å²) in [4.78, 5) is 13.3. The molecule has 0 aromatic rings. The van der Waals surface area contributed by atoms with Gasteiger partial charge in [0.25, 0.3) is 0 Å². The molecule has 0 unspecified atom stereocenters. The molecule has 148 valence electrons. The summed E-state index contributed by atoms with van der Waals surface area (Å²) in [5.41, 5.74) is 0. The van der Waals surface area contributed by atoms with Crippen LogP contribution in [0.15, 0.2) is 0 Å². The third-order valence-electron chi connectivity index (χ3n) is 4.56. The first kappa shape index (κ1) is 22.3. The highest BCUT2D eigenvalue weighted by atomic mass is 19.3. The van der Waals surface area contributed by atoms with E-state index in [9.17, 15) is 13.6 Å². The summed E-state index contributed by atoms with van der Waals surface area (Å²) in [7, 11) is 0. The van der Waals surface area contributed by atoms with Crippen molar-refractivity contribution < 1.29 is 23.0 Å². The van der Waals surface area contributed by atoms with Gasteiger partial charge in [0.1, 0.15) is 0 Å². The van der Waals surface area contributed by atoms with Crippen LogP contribution in [-0.2, 0) is 14.3 Å². The standard InChI is InChI=1S/C19H35F2NO3/c1-19(20,21)18(23)25-15-11-9-7-5-3-2-4-6-8-10-12-22-13-16-24-17-14-22/h2-17H2,1H3. The molecule has 0 spiro atoms. The fourth-order valence-electron chi connectivity index (χ4n) is 2.97. The molecule has 0 atom stereocenters. The molecule has 0 aliphatic carbocycles. The molecular weight excluding hydrogens is 328 g/mol. The first-order chi connectivity index (χ1) is 12.0. The van der Waals surface area contributed by atoms with Crippen molar-refractivity contribution in [2.75, 3.05) is 39.5 Å². The summed E-state index contributed by atoms with van der Waals surface area (Å²) in [6.07, 6.45) is 11.6. The molecule has 0 aromatic heterocycles. The van der Waals surface area contributed by atoms with Crippen molar-refractivity contribution in [2.24, 2.45) is 0 Å². The van der Waals surface area contributed by atoms with E-state index in [1.165, 1.54) is 51.5 Å². The van der Waals surface area contributed by atoms with Gasteiger partial charge < -0.3 is 9.47 Å². The Morgan fingerprint density at radius 3 is 1.92 bits per heavy atom. The Morgan fingerprint density at radius 1 is 0.920 bits per heavy atom. The van der Waals surface area contributed by atoms with Gasteiger partial charge in [0.15, 0.2) is 0 Å². The molecule has 25 heavy (non-hydrogen) atoms. The maximum absolute atomic E-state index is 12.6. The van der Waals surface area contributed by atoms with E-state index in [4.69, 9.17) is 4.74 Å². The van der Waals surface area contributed by atoms with Crippen LogP contribution in [0.4, 0.5) is 8.78 Å². The predicted molar refractivity (Wildman–Crippen MR) is 95.0 cm³/mol. The van der Waals surface area contributed by atoms with Crippen LogP contribution in [0.1, 0.15) is 71.1 Å². The van der Waals surface area contributed by atoms with Crippen LogP contribution in [0.2, 0.25) is 0 Å². The van der Waals surface area contributed by atoms with E-state index in [0.29, 0.717) is 13.3 Å². The summed E-state index contributed by atoms with van der Waals surface area (Å²) >= 11 is 0. The summed E-state index contributed by atoms with van der Waals surface area (Å²) in [6, 6.07) is 0. The smallest absolute Gasteiger partial charge is 0.376 e. The Hall–Kier alpha value is -0.750. The Labute approximate surface area is 151 Å². The van der Waals surface area contributed by atoms with Crippen LogP contribution in [0.5, 0.6) is 0 Å². The number of hydrogen-bond acceptors (Lipinski definition) is 4. The average Bonchev–Trinajstić information content (AvgIpc) is 2.58. The zero-order valence-electron chi connectivity index (χ0n) is 15.7. The van der Waals surface area contributed by atoms with Gasteiger partial charge in [-0.25, -0.2) is 4.79 Å². The number of ether oxygens (including phenoxy) is 2. The molecule has 0 amide bonds. The van der Waals surface area contributed by atoms with E-state index in [0.717, 1.165) is 39.1 Å². The number of carbonyl (C=O) groups is 1. The lowest BCUT2D eigenvalue weighted by atomic mass is 10.1. The number of hydrogen-bond donors (Lipinski definition) is 0. The van der Waals surface area contributed by atoms with Gasteiger partial charge in [0, 0.05) is 20.0 Å². The number of carbonyl (C=O) groups excluding carboxylic acids is 1. The van der Waals surface area contributed by atoms with Gasteiger partial charge in [-0.1, -0.05) is 51.4 Å². The molecule has 1 aliphatic rings. The van der Waals surface area contributed by atoms with E-state index in [1.807, 2.05) is 0 Å². The number of morpholine rings is 1. The fourth-order valence-corrected chi connectivity index (χ4v) is 2.97. The van der Waals surface area contributed by atoms with Gasteiger partial charge in [-0.05, 0) is 19.4 Å². The second kappa shape index (κ2) is 13.5. The molecule has 6 heteroatoms. The molecule has 0 saturated carbocycles. The van der Waals surface area contributed by atoms with Crippen LogP contribution < -0.4 is 0 Å². The Balaban J connectivity index is 1.75. The molecule has 0 bridgehead atoms. The summed E-state index contributed by atoms with van der Waals surface area (Å²) in [5.74, 6) is -4.79. The first-order valence-corrected chi connectivity index (χ1v) is 9.85. The second-order valence-electron chi connectivity index (χ2n) is 7.01. The van der Waals surface area contributed by atoms with E-state index in [1.54, 1.807) is 0 Å². The molecule has 1 heterocycles. The van der Waals surface area contributed by atoms with E-state index in [-0.39, 0.29) is 6.61 Å². The number of nitrogens with zero attached hydrogens (tertiary/aromatic N) is 1. The Bertz CT molecular complexity index is 342. The third kappa shape index (κ3) is 12.3. The molecule has 1 rings (SSSR count). The molecule has 0 radical (unpaired) electrons. The normalized spacial score (nSPS) is 16.1. The SMILES string of the molecule is CC(F)(F)C(=O)OCCCCCCCCCCCCN1CCOCC1. The van der Waals surface area contributed by atoms with Crippen molar-refractivity contribution in [1.82, 2.24) is 4.90 Å². The molecule has 1 fully saturated rings. The lowest BCUT2D eigenvalue weighted by Crippen LogP contribution is -2.36. The average molecular weight is 363 g/mol. The summed E-state index contributed by atoms with van der Waals surface area (Å²) < 4.78 is 35.0. The van der Waals surface area contributed by atoms with E-state index < -0.39 is 11.9 Å². The lowest BCUT2D eigenvalue weighted by Gasteiger charge is -2.26. The first-order valence-electron chi connectivity index (χ1n) is 9.85. The molecular formula is C19H35F2NO3. The van der Waals surface area contributed by atoms with Crippen LogP contribution in [0.25, 0.3) is 0 Å². The van der Waals surface area contributed by atoms with Gasteiger partial charge >= 0.3 is 11.9 Å². The summed E-state index contributed by atoms with van der Waals surface area (Å²) in [6.45, 7) is 5.81. The van der Waals surface area contributed by atoms with Gasteiger partial charge in [-0.15, -0.1) is 0 Å². The predicted octanol–water partition coefficient (Wildman–Crippen LogP) is 4.42. The molecule has 1 saturated heterocycles. The number of alkyl halides is 2. The van der Waals surface area contributed by atoms with Gasteiger partial charge in [-0.3, -0.25) is 4.90 Å². The molecule has 0 N–H and O–H groups in total. The Morgan fingerprint density at radius 2 is 1.40 bits per heavy atom. The molecule has 4 nitrogen and oxygen atoms in total. The minimum Gasteiger partial charge on any atom is -0.461 e. The zero-order chi connectivity index (χ0) is 18.4. The van der Waals surface area contributed by atoms with Crippen LogP contribution in [-0.4, -0.2) is 56.2 Å². The van der Waals surface area contributed by atoms with Crippen molar-refractivity contribution in [3.05, 3.63) is 0 Å². The number of unbranched alkanes of at least 4 members (excludes halogenated alkanes) is 9. The van der Waals surface area contributed by atoms with Crippen LogP contribution >= 0.6 is 0 Å². The largest absolute Gasteiger partial charge is 0.461 e. The number of halogens is 2. The highest BCUT2D eigenvalue weighted by Gasteiger charge is 2.33. The van der Waals surface area contributed by atoms with Crippen molar-refractivity contribution in [3.8, 4) is 0 Å². The highest BCUT2D eigenvalue weighted by Crippen LogP contribution is 2.14. The van der Waals surface area contributed by atoms with Crippen molar-refractivity contribution in [1.29, 1.82) is 0 Å². The number of rotatable bonds is 14. The third-order valence-corrected chi connectivity index (χ3v) is 4.56. The summed E-state index contributed by atoms with van der Waals surface area (Å²) in [5, 5.41) is 0. The topological polar surface area (TPSA) is 38.8 Å². The van der Waals surface area contributed by atoms with Gasteiger partial charge in [0.05, 0.1) is 19.8 Å². The van der Waals surface area contributed by atoms with Crippen molar-refractivity contribution in [2.45, 2.75) is 77.1 Å². The Kier molecular flexibility index (Phi) is 12.0. The minimum atomic E-state index is -3.37.